The van der Waals surface area contributed by atoms with Gasteiger partial charge in [-0.25, -0.2) is 0 Å². The lowest BCUT2D eigenvalue weighted by atomic mass is 10.2. The van der Waals surface area contributed by atoms with Crippen LogP contribution < -0.4 is 15.8 Å². The minimum Gasteiger partial charge on any atom is -0.478 e. The number of nitrogens with zero attached hydrogens (tertiary/aromatic N) is 1. The Labute approximate surface area is 104 Å². The summed E-state index contributed by atoms with van der Waals surface area (Å²) in [5.74, 6) is 1.57. The number of rotatable bonds is 9. The maximum atomic E-state index is 5.44. The Balaban J connectivity index is 2.19. The predicted molar refractivity (Wildman–Crippen MR) is 71.4 cm³/mol. The van der Waals surface area contributed by atoms with Gasteiger partial charge < -0.3 is 15.8 Å². The van der Waals surface area contributed by atoms with Crippen LogP contribution in [0.1, 0.15) is 32.6 Å². The average molecular weight is 237 g/mol. The summed E-state index contributed by atoms with van der Waals surface area (Å²) in [7, 11) is 0. The van der Waals surface area contributed by atoms with E-state index in [1.807, 2.05) is 25.1 Å². The summed E-state index contributed by atoms with van der Waals surface area (Å²) in [6, 6.07) is 5.78. The Kier molecular flexibility index (Phi) is 7.14. The van der Waals surface area contributed by atoms with Crippen LogP contribution in [0.25, 0.3) is 0 Å². The van der Waals surface area contributed by atoms with Gasteiger partial charge in [0, 0.05) is 12.6 Å². The molecule has 0 amide bonds. The molecule has 0 aliphatic carbocycles. The van der Waals surface area contributed by atoms with E-state index in [1.165, 1.54) is 12.8 Å². The molecule has 4 heteroatoms. The van der Waals surface area contributed by atoms with Gasteiger partial charge in [-0.2, -0.15) is 4.98 Å². The number of pyridine rings is 1. The topological polar surface area (TPSA) is 60.2 Å². The van der Waals surface area contributed by atoms with Crippen LogP contribution in [-0.4, -0.2) is 24.7 Å². The van der Waals surface area contributed by atoms with Crippen molar-refractivity contribution in [2.24, 2.45) is 5.73 Å². The highest BCUT2D eigenvalue weighted by molar-refractivity contribution is 5.36. The molecule has 96 valence electrons. The summed E-state index contributed by atoms with van der Waals surface area (Å²) in [6.45, 7) is 4.35. The Morgan fingerprint density at radius 3 is 2.82 bits per heavy atom. The van der Waals surface area contributed by atoms with Crippen LogP contribution in [-0.2, 0) is 0 Å². The quantitative estimate of drug-likeness (QED) is 0.647. The number of anilines is 1. The van der Waals surface area contributed by atoms with Crippen LogP contribution >= 0.6 is 0 Å². The number of hydrogen-bond acceptors (Lipinski definition) is 4. The molecule has 0 aliphatic heterocycles. The van der Waals surface area contributed by atoms with E-state index in [-0.39, 0.29) is 0 Å². The molecule has 0 bridgehead atoms. The first kappa shape index (κ1) is 13.8. The fourth-order valence-electron chi connectivity index (χ4n) is 1.58. The van der Waals surface area contributed by atoms with Gasteiger partial charge in [-0.3, -0.25) is 0 Å². The van der Waals surface area contributed by atoms with E-state index in [4.69, 9.17) is 10.5 Å². The SMILES string of the molecule is CCOc1cccc(NCCCCCCN)n1. The van der Waals surface area contributed by atoms with E-state index in [0.29, 0.717) is 12.5 Å². The van der Waals surface area contributed by atoms with Crippen molar-refractivity contribution < 1.29 is 4.74 Å². The smallest absolute Gasteiger partial charge is 0.215 e. The second-order valence-electron chi connectivity index (χ2n) is 3.92. The molecular formula is C13H23N3O. The number of nitrogens with one attached hydrogen (secondary N) is 1. The zero-order valence-corrected chi connectivity index (χ0v) is 10.6. The van der Waals surface area contributed by atoms with Crippen molar-refractivity contribution in [3.63, 3.8) is 0 Å². The third-order valence-corrected chi connectivity index (χ3v) is 2.45. The van der Waals surface area contributed by atoms with Gasteiger partial charge in [-0.15, -0.1) is 0 Å². The molecule has 0 saturated heterocycles. The second kappa shape index (κ2) is 8.82. The van der Waals surface area contributed by atoms with Crippen molar-refractivity contribution >= 4 is 5.82 Å². The van der Waals surface area contributed by atoms with E-state index < -0.39 is 0 Å². The zero-order valence-electron chi connectivity index (χ0n) is 10.6. The molecular weight excluding hydrogens is 214 g/mol. The van der Waals surface area contributed by atoms with E-state index >= 15 is 0 Å². The van der Waals surface area contributed by atoms with Crippen LogP contribution in [0.4, 0.5) is 5.82 Å². The predicted octanol–water partition coefficient (Wildman–Crippen LogP) is 2.41. The first-order valence-electron chi connectivity index (χ1n) is 6.40. The third kappa shape index (κ3) is 6.12. The normalized spacial score (nSPS) is 10.2. The molecule has 0 atom stereocenters. The lowest BCUT2D eigenvalue weighted by molar-refractivity contribution is 0.327. The fourth-order valence-corrected chi connectivity index (χ4v) is 1.58. The number of nitrogens with two attached hydrogens (primary N) is 1. The van der Waals surface area contributed by atoms with Crippen LogP contribution in [0, 0.1) is 0 Å². The molecule has 0 saturated carbocycles. The second-order valence-corrected chi connectivity index (χ2v) is 3.92. The zero-order chi connectivity index (χ0) is 12.3. The highest BCUT2D eigenvalue weighted by atomic mass is 16.5. The van der Waals surface area contributed by atoms with Crippen molar-refractivity contribution in [2.45, 2.75) is 32.6 Å². The van der Waals surface area contributed by atoms with Crippen molar-refractivity contribution in [1.82, 2.24) is 4.98 Å². The van der Waals surface area contributed by atoms with Gasteiger partial charge in [0.1, 0.15) is 5.82 Å². The largest absolute Gasteiger partial charge is 0.478 e. The highest BCUT2D eigenvalue weighted by Crippen LogP contribution is 2.11. The monoisotopic (exact) mass is 237 g/mol. The Morgan fingerprint density at radius 2 is 2.06 bits per heavy atom. The van der Waals surface area contributed by atoms with E-state index in [2.05, 4.69) is 10.3 Å². The molecule has 17 heavy (non-hydrogen) atoms. The molecule has 0 radical (unpaired) electrons. The van der Waals surface area contributed by atoms with Crippen LogP contribution in [0.15, 0.2) is 18.2 Å². The summed E-state index contributed by atoms with van der Waals surface area (Å²) in [4.78, 5) is 4.34. The molecule has 1 aromatic rings. The molecule has 1 aromatic heterocycles. The van der Waals surface area contributed by atoms with Gasteiger partial charge in [0.05, 0.1) is 6.61 Å². The third-order valence-electron chi connectivity index (χ3n) is 2.45. The molecule has 0 aliphatic rings. The maximum Gasteiger partial charge on any atom is 0.215 e. The van der Waals surface area contributed by atoms with Gasteiger partial charge in [-0.05, 0) is 32.4 Å². The van der Waals surface area contributed by atoms with Crippen molar-refractivity contribution in [3.8, 4) is 5.88 Å². The molecule has 0 unspecified atom stereocenters. The lowest BCUT2D eigenvalue weighted by Gasteiger charge is -2.07. The van der Waals surface area contributed by atoms with Crippen molar-refractivity contribution in [3.05, 3.63) is 18.2 Å². The van der Waals surface area contributed by atoms with Gasteiger partial charge in [-0.1, -0.05) is 18.9 Å². The molecule has 0 spiro atoms. The van der Waals surface area contributed by atoms with E-state index in [1.54, 1.807) is 0 Å². The van der Waals surface area contributed by atoms with Gasteiger partial charge in [0.2, 0.25) is 5.88 Å². The lowest BCUT2D eigenvalue weighted by Crippen LogP contribution is -2.05. The van der Waals surface area contributed by atoms with E-state index in [0.717, 1.165) is 31.7 Å². The fraction of sp³-hybridized carbons (Fsp3) is 0.615. The highest BCUT2D eigenvalue weighted by Gasteiger charge is 1.97. The van der Waals surface area contributed by atoms with E-state index in [9.17, 15) is 0 Å². The molecule has 1 heterocycles. The maximum absolute atomic E-state index is 5.44. The molecule has 4 nitrogen and oxygen atoms in total. The Bertz CT molecular complexity index is 304. The molecule has 0 aromatic carbocycles. The summed E-state index contributed by atoms with van der Waals surface area (Å²) in [5.41, 5.74) is 5.44. The number of aromatic nitrogens is 1. The van der Waals surface area contributed by atoms with Crippen LogP contribution in [0.5, 0.6) is 5.88 Å². The summed E-state index contributed by atoms with van der Waals surface area (Å²) in [6.07, 6.45) is 4.71. The minimum absolute atomic E-state index is 0.648. The first-order chi connectivity index (χ1) is 8.36. The minimum atomic E-state index is 0.648. The summed E-state index contributed by atoms with van der Waals surface area (Å²) < 4.78 is 5.34. The van der Waals surface area contributed by atoms with Crippen LogP contribution in [0.2, 0.25) is 0 Å². The standard InChI is InChI=1S/C13H23N3O/c1-2-17-13-9-7-8-12(16-13)15-11-6-4-3-5-10-14/h7-9H,2-6,10-11,14H2,1H3,(H,15,16). The number of hydrogen-bond donors (Lipinski definition) is 2. The number of unbranched alkanes of at least 4 members (excludes halogenated alkanes) is 3. The first-order valence-corrected chi connectivity index (χ1v) is 6.40. The van der Waals surface area contributed by atoms with Crippen molar-refractivity contribution in [2.75, 3.05) is 25.0 Å². The molecule has 3 N–H and O–H groups in total. The van der Waals surface area contributed by atoms with Crippen molar-refractivity contribution in [1.29, 1.82) is 0 Å². The van der Waals surface area contributed by atoms with Crippen LogP contribution in [0.3, 0.4) is 0 Å². The Morgan fingerprint density at radius 1 is 1.24 bits per heavy atom. The summed E-state index contributed by atoms with van der Waals surface area (Å²) in [5, 5.41) is 3.30. The Hall–Kier alpha value is -1.29. The van der Waals surface area contributed by atoms with Gasteiger partial charge in [0.15, 0.2) is 0 Å². The number of ether oxygens (including phenoxy) is 1. The average Bonchev–Trinajstić information content (AvgIpc) is 2.35. The molecule has 0 fully saturated rings. The summed E-state index contributed by atoms with van der Waals surface area (Å²) >= 11 is 0. The van der Waals surface area contributed by atoms with Gasteiger partial charge >= 0.3 is 0 Å². The molecule has 1 rings (SSSR count). The van der Waals surface area contributed by atoms with Gasteiger partial charge in [0.25, 0.3) is 0 Å².